The third-order valence-corrected chi connectivity index (χ3v) is 6.96. The van der Waals surface area contributed by atoms with Gasteiger partial charge in [0, 0.05) is 38.5 Å². The Morgan fingerprint density at radius 3 is 2.62 bits per heavy atom. The number of nitrogens with zero attached hydrogens (tertiary/aromatic N) is 2. The second-order valence-electron chi connectivity index (χ2n) is 9.69. The molecule has 0 spiro atoms. The smallest absolute Gasteiger partial charge is 0.226 e. The first-order valence-electron chi connectivity index (χ1n) is 11.9. The molecule has 2 fully saturated rings. The van der Waals surface area contributed by atoms with Gasteiger partial charge in [0.25, 0.3) is 0 Å². The number of nitrogens with one attached hydrogen (secondary N) is 1. The minimum atomic E-state index is -0.558. The average Bonchev–Trinajstić information content (AvgIpc) is 3.28. The van der Waals surface area contributed by atoms with Crippen LogP contribution in [0.3, 0.4) is 0 Å². The SMILES string of the molecule is CC(C)C(=O)N1CCC(C[C@@H]2CC(c3ccccc3)=NO2)(C(=O)N[C@@H]2CCCOC2)CC1. The number of oxime groups is 1. The van der Waals surface area contributed by atoms with Crippen molar-refractivity contribution in [3.8, 4) is 0 Å². The molecule has 3 aliphatic heterocycles. The Balaban J connectivity index is 1.44. The molecule has 2 saturated heterocycles. The maximum atomic E-state index is 13.6. The van der Waals surface area contributed by atoms with Crippen LogP contribution >= 0.6 is 0 Å². The summed E-state index contributed by atoms with van der Waals surface area (Å²) in [4.78, 5) is 33.8. The molecule has 0 aromatic heterocycles. The van der Waals surface area contributed by atoms with Crippen LogP contribution in [-0.2, 0) is 19.2 Å². The van der Waals surface area contributed by atoms with E-state index >= 15 is 0 Å². The molecule has 3 aliphatic rings. The van der Waals surface area contributed by atoms with E-state index in [0.717, 1.165) is 30.7 Å². The molecule has 0 radical (unpaired) electrons. The van der Waals surface area contributed by atoms with Crippen molar-refractivity contribution in [2.45, 2.75) is 64.5 Å². The van der Waals surface area contributed by atoms with Gasteiger partial charge in [-0.25, -0.2) is 0 Å². The van der Waals surface area contributed by atoms with E-state index in [1.807, 2.05) is 49.1 Å². The fourth-order valence-corrected chi connectivity index (χ4v) is 5.01. The zero-order valence-corrected chi connectivity index (χ0v) is 19.2. The van der Waals surface area contributed by atoms with Gasteiger partial charge in [-0.1, -0.05) is 49.3 Å². The Hall–Kier alpha value is -2.41. The molecule has 32 heavy (non-hydrogen) atoms. The number of piperidine rings is 1. The highest BCUT2D eigenvalue weighted by Crippen LogP contribution is 2.40. The van der Waals surface area contributed by atoms with Crippen LogP contribution in [0.2, 0.25) is 0 Å². The number of ether oxygens (including phenoxy) is 1. The van der Waals surface area contributed by atoms with Gasteiger partial charge in [0.05, 0.1) is 23.8 Å². The number of benzene rings is 1. The third-order valence-electron chi connectivity index (χ3n) is 6.96. The Morgan fingerprint density at radius 2 is 1.97 bits per heavy atom. The molecule has 4 rings (SSSR count). The van der Waals surface area contributed by atoms with Crippen LogP contribution in [0.5, 0.6) is 0 Å². The summed E-state index contributed by atoms with van der Waals surface area (Å²) in [6.45, 7) is 6.39. The zero-order chi connectivity index (χ0) is 22.6. The van der Waals surface area contributed by atoms with Gasteiger partial charge in [0.1, 0.15) is 6.10 Å². The van der Waals surface area contributed by atoms with E-state index in [4.69, 9.17) is 9.57 Å². The summed E-state index contributed by atoms with van der Waals surface area (Å²) >= 11 is 0. The summed E-state index contributed by atoms with van der Waals surface area (Å²) in [5, 5.41) is 7.58. The number of amides is 2. The van der Waals surface area contributed by atoms with E-state index in [0.29, 0.717) is 45.4 Å². The number of hydrogen-bond acceptors (Lipinski definition) is 5. The Kier molecular flexibility index (Phi) is 7.13. The predicted molar refractivity (Wildman–Crippen MR) is 122 cm³/mol. The first-order valence-corrected chi connectivity index (χ1v) is 11.9. The topological polar surface area (TPSA) is 80.2 Å². The first-order chi connectivity index (χ1) is 15.5. The van der Waals surface area contributed by atoms with Crippen molar-refractivity contribution < 1.29 is 19.2 Å². The number of hydrogen-bond donors (Lipinski definition) is 1. The van der Waals surface area contributed by atoms with Crippen molar-refractivity contribution in [1.82, 2.24) is 10.2 Å². The second-order valence-corrected chi connectivity index (χ2v) is 9.69. The van der Waals surface area contributed by atoms with Gasteiger partial charge >= 0.3 is 0 Å². The van der Waals surface area contributed by atoms with Crippen molar-refractivity contribution in [1.29, 1.82) is 0 Å². The lowest BCUT2D eigenvalue weighted by atomic mass is 9.72. The lowest BCUT2D eigenvalue weighted by Gasteiger charge is -2.42. The van der Waals surface area contributed by atoms with Gasteiger partial charge in [0.2, 0.25) is 11.8 Å². The van der Waals surface area contributed by atoms with E-state index < -0.39 is 5.41 Å². The van der Waals surface area contributed by atoms with Crippen molar-refractivity contribution >= 4 is 17.5 Å². The monoisotopic (exact) mass is 441 g/mol. The van der Waals surface area contributed by atoms with Crippen LogP contribution in [0.25, 0.3) is 0 Å². The highest BCUT2D eigenvalue weighted by atomic mass is 16.6. The van der Waals surface area contributed by atoms with Gasteiger partial charge < -0.3 is 19.8 Å². The number of rotatable bonds is 6. The molecular weight excluding hydrogens is 406 g/mol. The van der Waals surface area contributed by atoms with Crippen molar-refractivity contribution in [2.75, 3.05) is 26.3 Å². The molecule has 0 saturated carbocycles. The summed E-state index contributed by atoms with van der Waals surface area (Å²) in [7, 11) is 0. The fourth-order valence-electron chi connectivity index (χ4n) is 5.01. The summed E-state index contributed by atoms with van der Waals surface area (Å²) in [5.74, 6) is 0.198. The summed E-state index contributed by atoms with van der Waals surface area (Å²) < 4.78 is 5.56. The molecule has 7 heteroatoms. The van der Waals surface area contributed by atoms with E-state index in [9.17, 15) is 9.59 Å². The first kappa shape index (κ1) is 22.8. The van der Waals surface area contributed by atoms with Crippen molar-refractivity contribution in [3.63, 3.8) is 0 Å². The lowest BCUT2D eigenvalue weighted by Crippen LogP contribution is -2.54. The summed E-state index contributed by atoms with van der Waals surface area (Å²) in [6.07, 6.45) is 4.37. The maximum Gasteiger partial charge on any atom is 0.226 e. The van der Waals surface area contributed by atoms with Crippen LogP contribution in [0, 0.1) is 11.3 Å². The Bertz CT molecular complexity index is 825. The molecule has 1 aromatic carbocycles. The summed E-state index contributed by atoms with van der Waals surface area (Å²) in [5.41, 5.74) is 1.43. The molecule has 2 amide bonds. The predicted octanol–water partition coefficient (Wildman–Crippen LogP) is 3.13. The number of carbonyl (C=O) groups is 2. The molecule has 7 nitrogen and oxygen atoms in total. The molecule has 0 aliphatic carbocycles. The van der Waals surface area contributed by atoms with Gasteiger partial charge in [-0.15, -0.1) is 0 Å². The number of likely N-dealkylation sites (tertiary alicyclic amines) is 1. The van der Waals surface area contributed by atoms with Crippen LogP contribution < -0.4 is 5.32 Å². The average molecular weight is 442 g/mol. The molecule has 0 bridgehead atoms. The zero-order valence-electron chi connectivity index (χ0n) is 19.2. The van der Waals surface area contributed by atoms with Gasteiger partial charge in [-0.3, -0.25) is 9.59 Å². The lowest BCUT2D eigenvalue weighted by molar-refractivity contribution is -0.145. The van der Waals surface area contributed by atoms with Gasteiger partial charge in [-0.2, -0.15) is 0 Å². The van der Waals surface area contributed by atoms with Gasteiger partial charge in [-0.05, 0) is 31.2 Å². The van der Waals surface area contributed by atoms with E-state index in [2.05, 4.69) is 10.5 Å². The molecular formula is C25H35N3O4. The van der Waals surface area contributed by atoms with Crippen LogP contribution in [-0.4, -0.2) is 60.9 Å². The standard InChI is InChI=1S/C25H35N3O4/c1-18(2)23(29)28-12-10-25(11-13-28,24(30)26-20-9-6-14-31-17-20)16-21-15-22(27-32-21)19-7-4-3-5-8-19/h3-5,7-8,18,20-21H,6,9-17H2,1-2H3,(H,26,30)/t20-,21+/m1/s1. The molecule has 174 valence electrons. The molecule has 2 atom stereocenters. The minimum Gasteiger partial charge on any atom is -0.392 e. The van der Waals surface area contributed by atoms with E-state index in [-0.39, 0.29) is 29.9 Å². The molecule has 3 heterocycles. The third kappa shape index (κ3) is 5.14. The molecule has 0 unspecified atom stereocenters. The highest BCUT2D eigenvalue weighted by Gasteiger charge is 2.46. The quantitative estimate of drug-likeness (QED) is 0.736. The maximum absolute atomic E-state index is 13.6. The minimum absolute atomic E-state index is 0.0317. The van der Waals surface area contributed by atoms with Crippen LogP contribution in [0.1, 0.15) is 57.9 Å². The number of carbonyl (C=O) groups excluding carboxylic acids is 2. The van der Waals surface area contributed by atoms with Crippen LogP contribution in [0.4, 0.5) is 0 Å². The van der Waals surface area contributed by atoms with E-state index in [1.54, 1.807) is 0 Å². The largest absolute Gasteiger partial charge is 0.392 e. The van der Waals surface area contributed by atoms with Crippen molar-refractivity contribution in [2.24, 2.45) is 16.5 Å². The Morgan fingerprint density at radius 1 is 1.22 bits per heavy atom. The van der Waals surface area contributed by atoms with Crippen molar-refractivity contribution in [3.05, 3.63) is 35.9 Å². The van der Waals surface area contributed by atoms with Gasteiger partial charge in [0.15, 0.2) is 0 Å². The molecule has 1 aromatic rings. The van der Waals surface area contributed by atoms with Crippen LogP contribution in [0.15, 0.2) is 35.5 Å². The van der Waals surface area contributed by atoms with E-state index in [1.165, 1.54) is 0 Å². The normalized spacial score (nSPS) is 25.2. The fraction of sp³-hybridized carbons (Fsp3) is 0.640. The Labute approximate surface area is 190 Å². The second kappa shape index (κ2) is 10.0. The summed E-state index contributed by atoms with van der Waals surface area (Å²) in [6, 6.07) is 10.1. The highest BCUT2D eigenvalue weighted by molar-refractivity contribution is 6.01. The molecule has 1 N–H and O–H groups in total.